The van der Waals surface area contributed by atoms with E-state index < -0.39 is 23.8 Å². The highest BCUT2D eigenvalue weighted by Gasteiger charge is 2.19. The van der Waals surface area contributed by atoms with E-state index in [4.69, 9.17) is 18.9 Å². The predicted molar refractivity (Wildman–Crippen MR) is 110 cm³/mol. The van der Waals surface area contributed by atoms with Gasteiger partial charge < -0.3 is 29.6 Å². The summed E-state index contributed by atoms with van der Waals surface area (Å²) < 4.78 is 20.7. The molecule has 1 aromatic rings. The topological polar surface area (TPSA) is 112 Å². The second kappa shape index (κ2) is 13.4. The summed E-state index contributed by atoms with van der Waals surface area (Å²) in [4.78, 5) is 35.4. The molecule has 0 fully saturated rings. The van der Waals surface area contributed by atoms with Crippen LogP contribution in [0.2, 0.25) is 0 Å². The van der Waals surface area contributed by atoms with Crippen LogP contribution in [0, 0.1) is 0 Å². The Hall–Kier alpha value is -2.81. The van der Waals surface area contributed by atoms with Crippen LogP contribution in [-0.4, -0.2) is 56.2 Å². The maximum Gasteiger partial charge on any atom is 0.407 e. The van der Waals surface area contributed by atoms with E-state index in [2.05, 4.69) is 10.6 Å². The Morgan fingerprint density at radius 2 is 1.73 bits per heavy atom. The zero-order valence-corrected chi connectivity index (χ0v) is 18.1. The molecule has 0 aliphatic carbocycles. The quantitative estimate of drug-likeness (QED) is 0.319. The highest BCUT2D eigenvalue weighted by molar-refractivity contribution is 5.69. The fourth-order valence-corrected chi connectivity index (χ4v) is 2.22. The molecule has 2 N–H and O–H groups in total. The molecule has 0 radical (unpaired) electrons. The van der Waals surface area contributed by atoms with E-state index in [1.807, 2.05) is 30.3 Å². The molecule has 1 rings (SSSR count). The molecule has 0 saturated carbocycles. The standard InChI is InChI=1S/C21H32N2O7/c1-5-28-18(24)11-12-27-15-17(13-22-19(25)30-21(2,3)4)23-20(26)29-14-16-9-7-6-8-10-16/h6-10,17H,5,11-15H2,1-4H3,(H,22,25)(H,23,26)/t17-/m0/s1. The molecule has 0 unspecified atom stereocenters. The number of hydrogen-bond donors (Lipinski definition) is 2. The van der Waals surface area contributed by atoms with E-state index >= 15 is 0 Å². The van der Waals surface area contributed by atoms with Gasteiger partial charge in [0, 0.05) is 6.54 Å². The minimum atomic E-state index is -0.649. The van der Waals surface area contributed by atoms with Crippen molar-refractivity contribution < 1.29 is 33.3 Å². The van der Waals surface area contributed by atoms with Crippen molar-refractivity contribution in [3.63, 3.8) is 0 Å². The van der Waals surface area contributed by atoms with Gasteiger partial charge in [-0.15, -0.1) is 0 Å². The third kappa shape index (κ3) is 12.6. The van der Waals surface area contributed by atoms with E-state index in [1.165, 1.54) is 0 Å². The maximum absolute atomic E-state index is 12.1. The number of carbonyl (C=O) groups excluding carboxylic acids is 3. The number of carbonyl (C=O) groups is 3. The number of amides is 2. The van der Waals surface area contributed by atoms with Crippen LogP contribution in [0.3, 0.4) is 0 Å². The molecule has 1 atom stereocenters. The lowest BCUT2D eigenvalue weighted by Crippen LogP contribution is -2.47. The summed E-state index contributed by atoms with van der Waals surface area (Å²) >= 11 is 0. The Morgan fingerprint density at radius 3 is 2.37 bits per heavy atom. The van der Waals surface area contributed by atoms with Crippen molar-refractivity contribution in [1.29, 1.82) is 0 Å². The second-order valence-electron chi connectivity index (χ2n) is 7.42. The first-order valence-corrected chi connectivity index (χ1v) is 9.87. The average Bonchev–Trinajstić information content (AvgIpc) is 2.67. The van der Waals surface area contributed by atoms with Crippen LogP contribution >= 0.6 is 0 Å². The molecule has 9 heteroatoms. The van der Waals surface area contributed by atoms with E-state index in [0.29, 0.717) is 6.61 Å². The van der Waals surface area contributed by atoms with Gasteiger partial charge >= 0.3 is 18.2 Å². The van der Waals surface area contributed by atoms with Crippen LogP contribution in [0.1, 0.15) is 39.7 Å². The summed E-state index contributed by atoms with van der Waals surface area (Å²) in [5, 5.41) is 5.23. The lowest BCUT2D eigenvalue weighted by molar-refractivity contribution is -0.144. The molecule has 0 heterocycles. The lowest BCUT2D eigenvalue weighted by atomic mass is 10.2. The molecule has 0 spiro atoms. The Balaban J connectivity index is 2.49. The molecule has 30 heavy (non-hydrogen) atoms. The molecule has 2 amide bonds. The predicted octanol–water partition coefficient (Wildman–Crippen LogP) is 2.78. The number of benzene rings is 1. The van der Waals surface area contributed by atoms with Gasteiger partial charge in [-0.2, -0.15) is 0 Å². The summed E-state index contributed by atoms with van der Waals surface area (Å²) in [7, 11) is 0. The van der Waals surface area contributed by atoms with Gasteiger partial charge in [-0.1, -0.05) is 30.3 Å². The molecule has 1 aromatic carbocycles. The Kier molecular flexibility index (Phi) is 11.3. The lowest BCUT2D eigenvalue weighted by Gasteiger charge is -2.22. The van der Waals surface area contributed by atoms with E-state index in [-0.39, 0.29) is 38.8 Å². The number of hydrogen-bond acceptors (Lipinski definition) is 7. The van der Waals surface area contributed by atoms with Crippen molar-refractivity contribution in [3.8, 4) is 0 Å². The molecule has 0 aliphatic heterocycles. The van der Waals surface area contributed by atoms with Crippen LogP contribution in [0.25, 0.3) is 0 Å². The smallest absolute Gasteiger partial charge is 0.407 e. The Morgan fingerprint density at radius 1 is 1.03 bits per heavy atom. The van der Waals surface area contributed by atoms with Crippen molar-refractivity contribution >= 4 is 18.2 Å². The molecule has 168 valence electrons. The summed E-state index contributed by atoms with van der Waals surface area (Å²) in [5.74, 6) is -0.365. The van der Waals surface area contributed by atoms with Crippen molar-refractivity contribution in [3.05, 3.63) is 35.9 Å². The van der Waals surface area contributed by atoms with Gasteiger partial charge in [-0.05, 0) is 33.3 Å². The van der Waals surface area contributed by atoms with Crippen LogP contribution in [-0.2, 0) is 30.3 Å². The van der Waals surface area contributed by atoms with Crippen molar-refractivity contribution in [2.24, 2.45) is 0 Å². The van der Waals surface area contributed by atoms with Gasteiger partial charge in [-0.3, -0.25) is 4.79 Å². The number of esters is 1. The number of alkyl carbamates (subject to hydrolysis) is 2. The number of ether oxygens (including phenoxy) is 4. The summed E-state index contributed by atoms with van der Waals surface area (Å²) in [6.45, 7) is 7.65. The van der Waals surface area contributed by atoms with Crippen molar-refractivity contribution in [2.75, 3.05) is 26.4 Å². The average molecular weight is 424 g/mol. The zero-order valence-electron chi connectivity index (χ0n) is 18.1. The van der Waals surface area contributed by atoms with E-state index in [9.17, 15) is 14.4 Å². The normalized spacial score (nSPS) is 11.9. The highest BCUT2D eigenvalue weighted by atomic mass is 16.6. The molecule has 0 saturated heterocycles. The van der Waals surface area contributed by atoms with Gasteiger partial charge in [0.1, 0.15) is 12.2 Å². The minimum absolute atomic E-state index is 0.0642. The fraction of sp³-hybridized carbons (Fsp3) is 0.571. The summed E-state index contributed by atoms with van der Waals surface area (Å²) in [6.07, 6.45) is -1.17. The van der Waals surface area contributed by atoms with E-state index in [1.54, 1.807) is 27.7 Å². The third-order valence-corrected chi connectivity index (χ3v) is 3.50. The molecule has 9 nitrogen and oxygen atoms in total. The van der Waals surface area contributed by atoms with Crippen molar-refractivity contribution in [2.45, 2.75) is 52.4 Å². The molecule has 0 aromatic heterocycles. The Labute approximate surface area is 177 Å². The highest BCUT2D eigenvalue weighted by Crippen LogP contribution is 2.06. The van der Waals surface area contributed by atoms with Gasteiger partial charge in [-0.25, -0.2) is 9.59 Å². The monoisotopic (exact) mass is 424 g/mol. The first kappa shape index (κ1) is 25.2. The first-order chi connectivity index (χ1) is 14.2. The van der Waals surface area contributed by atoms with Crippen LogP contribution in [0.5, 0.6) is 0 Å². The van der Waals surface area contributed by atoms with Gasteiger partial charge in [0.2, 0.25) is 0 Å². The minimum Gasteiger partial charge on any atom is -0.466 e. The van der Waals surface area contributed by atoms with E-state index in [0.717, 1.165) is 5.56 Å². The van der Waals surface area contributed by atoms with Gasteiger partial charge in [0.25, 0.3) is 0 Å². The zero-order chi connectivity index (χ0) is 22.4. The SMILES string of the molecule is CCOC(=O)CCOC[C@H](CNC(=O)OC(C)(C)C)NC(=O)OCc1ccccc1. The number of rotatable bonds is 11. The molecule has 0 aliphatic rings. The second-order valence-corrected chi connectivity index (χ2v) is 7.42. The fourth-order valence-electron chi connectivity index (χ4n) is 2.22. The van der Waals surface area contributed by atoms with Gasteiger partial charge in [0.05, 0.1) is 32.3 Å². The van der Waals surface area contributed by atoms with Crippen molar-refractivity contribution in [1.82, 2.24) is 10.6 Å². The first-order valence-electron chi connectivity index (χ1n) is 9.87. The van der Waals surface area contributed by atoms with Crippen LogP contribution < -0.4 is 10.6 Å². The molecular formula is C21H32N2O7. The molecular weight excluding hydrogens is 392 g/mol. The molecule has 0 bridgehead atoms. The largest absolute Gasteiger partial charge is 0.466 e. The number of nitrogens with one attached hydrogen (secondary N) is 2. The summed E-state index contributed by atoms with van der Waals surface area (Å²) in [5.41, 5.74) is 0.208. The van der Waals surface area contributed by atoms with Crippen LogP contribution in [0.4, 0.5) is 9.59 Å². The maximum atomic E-state index is 12.1. The van der Waals surface area contributed by atoms with Gasteiger partial charge in [0.15, 0.2) is 0 Å². The summed E-state index contributed by atoms with van der Waals surface area (Å²) in [6, 6.07) is 8.67. The van der Waals surface area contributed by atoms with Crippen LogP contribution in [0.15, 0.2) is 30.3 Å². The third-order valence-electron chi connectivity index (χ3n) is 3.50. The Bertz CT molecular complexity index is 659.